The zero-order chi connectivity index (χ0) is 9.23. The van der Waals surface area contributed by atoms with Crippen molar-refractivity contribution >= 4 is 0 Å². The average Bonchev–Trinajstić information content (AvgIpc) is 2.06. The van der Waals surface area contributed by atoms with Crippen molar-refractivity contribution in [3.8, 4) is 0 Å². The standard InChI is InChI=1S/C9H19N3/c1-3-5-9(6-4-2)7-8-11-12-10/h9H,3-8H2,1-2H3. The summed E-state index contributed by atoms with van der Waals surface area (Å²) in [6.07, 6.45) is 6.08. The van der Waals surface area contributed by atoms with Gasteiger partial charge in [-0.1, -0.05) is 44.6 Å². The Kier molecular flexibility index (Phi) is 7.92. The molecule has 0 aliphatic heterocycles. The second kappa shape index (κ2) is 8.41. The van der Waals surface area contributed by atoms with Crippen molar-refractivity contribution < 1.29 is 0 Å². The zero-order valence-corrected chi connectivity index (χ0v) is 8.16. The highest BCUT2D eigenvalue weighted by Crippen LogP contribution is 2.17. The first kappa shape index (κ1) is 11.3. The van der Waals surface area contributed by atoms with Gasteiger partial charge in [0.2, 0.25) is 0 Å². The predicted octanol–water partition coefficient (Wildman–Crippen LogP) is 3.90. The summed E-state index contributed by atoms with van der Waals surface area (Å²) in [6, 6.07) is 0. The molecule has 0 aromatic rings. The Bertz CT molecular complexity index is 133. The third-order valence-electron chi connectivity index (χ3n) is 2.09. The second-order valence-corrected chi connectivity index (χ2v) is 3.19. The molecule has 0 rings (SSSR count). The maximum Gasteiger partial charge on any atom is 0.0260 e. The van der Waals surface area contributed by atoms with Gasteiger partial charge in [-0.3, -0.25) is 0 Å². The summed E-state index contributed by atoms with van der Waals surface area (Å²) < 4.78 is 0. The molecule has 0 atom stereocenters. The first-order valence-electron chi connectivity index (χ1n) is 4.86. The van der Waals surface area contributed by atoms with Crippen molar-refractivity contribution in [3.63, 3.8) is 0 Å². The van der Waals surface area contributed by atoms with E-state index in [2.05, 4.69) is 23.9 Å². The minimum Gasteiger partial charge on any atom is -0.0940 e. The summed E-state index contributed by atoms with van der Waals surface area (Å²) in [5.74, 6) is 0.769. The minimum absolute atomic E-state index is 0.668. The molecule has 70 valence electrons. The Morgan fingerprint density at radius 1 is 1.17 bits per heavy atom. The molecular weight excluding hydrogens is 150 g/mol. The molecular formula is C9H19N3. The van der Waals surface area contributed by atoms with Crippen LogP contribution in [-0.4, -0.2) is 6.54 Å². The molecule has 0 aliphatic rings. The smallest absolute Gasteiger partial charge is 0.0260 e. The van der Waals surface area contributed by atoms with Gasteiger partial charge in [-0.05, 0) is 17.9 Å². The van der Waals surface area contributed by atoms with E-state index in [9.17, 15) is 0 Å². The molecule has 0 radical (unpaired) electrons. The molecule has 0 amide bonds. The molecule has 0 aliphatic carbocycles. The lowest BCUT2D eigenvalue weighted by Crippen LogP contribution is -2.01. The van der Waals surface area contributed by atoms with Gasteiger partial charge in [0.25, 0.3) is 0 Å². The fourth-order valence-corrected chi connectivity index (χ4v) is 1.53. The Hall–Kier alpha value is -0.690. The van der Waals surface area contributed by atoms with Crippen molar-refractivity contribution in [2.75, 3.05) is 6.54 Å². The van der Waals surface area contributed by atoms with Crippen molar-refractivity contribution in [1.29, 1.82) is 0 Å². The van der Waals surface area contributed by atoms with Crippen molar-refractivity contribution in [1.82, 2.24) is 0 Å². The van der Waals surface area contributed by atoms with Crippen LogP contribution in [0.4, 0.5) is 0 Å². The highest BCUT2D eigenvalue weighted by Gasteiger charge is 2.04. The Labute approximate surface area is 74.8 Å². The molecule has 0 heterocycles. The van der Waals surface area contributed by atoms with Crippen molar-refractivity contribution in [2.45, 2.75) is 46.0 Å². The van der Waals surface area contributed by atoms with Gasteiger partial charge < -0.3 is 0 Å². The Morgan fingerprint density at radius 3 is 2.17 bits per heavy atom. The summed E-state index contributed by atoms with van der Waals surface area (Å²) in [5.41, 5.74) is 8.10. The van der Waals surface area contributed by atoms with Gasteiger partial charge in [0.05, 0.1) is 0 Å². The fourth-order valence-electron chi connectivity index (χ4n) is 1.53. The number of nitrogens with zero attached hydrogens (tertiary/aromatic N) is 3. The number of rotatable bonds is 7. The van der Waals surface area contributed by atoms with E-state index in [0.717, 1.165) is 12.3 Å². The van der Waals surface area contributed by atoms with E-state index in [1.165, 1.54) is 25.7 Å². The van der Waals surface area contributed by atoms with E-state index in [-0.39, 0.29) is 0 Å². The van der Waals surface area contributed by atoms with E-state index >= 15 is 0 Å². The number of hydrogen-bond donors (Lipinski definition) is 0. The monoisotopic (exact) mass is 169 g/mol. The van der Waals surface area contributed by atoms with E-state index in [1.807, 2.05) is 0 Å². The van der Waals surface area contributed by atoms with E-state index in [4.69, 9.17) is 5.53 Å². The molecule has 0 bridgehead atoms. The maximum absolute atomic E-state index is 8.10. The molecule has 0 unspecified atom stereocenters. The lowest BCUT2D eigenvalue weighted by Gasteiger charge is -2.12. The Morgan fingerprint density at radius 2 is 1.75 bits per heavy atom. The highest BCUT2D eigenvalue weighted by molar-refractivity contribution is 4.60. The normalized spacial score (nSPS) is 9.92. The lowest BCUT2D eigenvalue weighted by atomic mass is 9.95. The molecule has 3 nitrogen and oxygen atoms in total. The van der Waals surface area contributed by atoms with Crippen LogP contribution in [0.2, 0.25) is 0 Å². The topological polar surface area (TPSA) is 48.8 Å². The highest BCUT2D eigenvalue weighted by atomic mass is 15.1. The average molecular weight is 169 g/mol. The molecule has 0 N–H and O–H groups in total. The summed E-state index contributed by atoms with van der Waals surface area (Å²) in [4.78, 5) is 2.75. The maximum atomic E-state index is 8.10. The van der Waals surface area contributed by atoms with Crippen molar-refractivity contribution in [2.24, 2.45) is 11.0 Å². The SMILES string of the molecule is CCCC(CCC)CCN=[N+]=[N-]. The molecule has 0 spiro atoms. The van der Waals surface area contributed by atoms with Gasteiger partial charge in [-0.25, -0.2) is 0 Å². The minimum atomic E-state index is 0.668. The van der Waals surface area contributed by atoms with Crippen LogP contribution in [0.25, 0.3) is 10.4 Å². The van der Waals surface area contributed by atoms with Crippen molar-refractivity contribution in [3.05, 3.63) is 10.4 Å². The van der Waals surface area contributed by atoms with E-state index in [1.54, 1.807) is 0 Å². The van der Waals surface area contributed by atoms with Crippen LogP contribution in [0.3, 0.4) is 0 Å². The largest absolute Gasteiger partial charge is 0.0940 e. The molecule has 12 heavy (non-hydrogen) atoms. The molecule has 0 aromatic carbocycles. The number of azide groups is 1. The van der Waals surface area contributed by atoms with Gasteiger partial charge in [-0.2, -0.15) is 0 Å². The van der Waals surface area contributed by atoms with Crippen LogP contribution in [0.1, 0.15) is 46.0 Å². The van der Waals surface area contributed by atoms with Crippen LogP contribution < -0.4 is 0 Å². The van der Waals surface area contributed by atoms with Crippen LogP contribution in [0, 0.1) is 5.92 Å². The Balaban J connectivity index is 3.54. The fraction of sp³-hybridized carbons (Fsp3) is 1.00. The van der Waals surface area contributed by atoms with E-state index < -0.39 is 0 Å². The van der Waals surface area contributed by atoms with Crippen LogP contribution in [0.5, 0.6) is 0 Å². The molecule has 0 saturated heterocycles. The van der Waals surface area contributed by atoms with Gasteiger partial charge >= 0.3 is 0 Å². The third-order valence-corrected chi connectivity index (χ3v) is 2.09. The van der Waals surface area contributed by atoms with E-state index in [0.29, 0.717) is 6.54 Å². The van der Waals surface area contributed by atoms with Crippen LogP contribution >= 0.6 is 0 Å². The first-order valence-corrected chi connectivity index (χ1v) is 4.86. The summed E-state index contributed by atoms with van der Waals surface area (Å²) in [6.45, 7) is 5.08. The number of hydrogen-bond acceptors (Lipinski definition) is 1. The van der Waals surface area contributed by atoms with Gasteiger partial charge in [-0.15, -0.1) is 0 Å². The zero-order valence-electron chi connectivity index (χ0n) is 8.16. The van der Waals surface area contributed by atoms with Gasteiger partial charge in [0.15, 0.2) is 0 Å². The predicted molar refractivity (Wildman–Crippen MR) is 51.9 cm³/mol. The van der Waals surface area contributed by atoms with Crippen LogP contribution in [-0.2, 0) is 0 Å². The molecule has 0 saturated carbocycles. The molecule has 3 heteroatoms. The third kappa shape index (κ3) is 6.05. The summed E-state index contributed by atoms with van der Waals surface area (Å²) in [7, 11) is 0. The quantitative estimate of drug-likeness (QED) is 0.315. The summed E-state index contributed by atoms with van der Waals surface area (Å²) in [5, 5.41) is 3.56. The molecule has 0 fully saturated rings. The second-order valence-electron chi connectivity index (χ2n) is 3.19. The lowest BCUT2D eigenvalue weighted by molar-refractivity contribution is 0.416. The first-order chi connectivity index (χ1) is 5.85. The molecule has 0 aromatic heterocycles. The van der Waals surface area contributed by atoms with Gasteiger partial charge in [0, 0.05) is 11.5 Å². The summed E-state index contributed by atoms with van der Waals surface area (Å²) >= 11 is 0. The van der Waals surface area contributed by atoms with Crippen LogP contribution in [0.15, 0.2) is 5.11 Å². The van der Waals surface area contributed by atoms with Gasteiger partial charge in [0.1, 0.15) is 0 Å².